The number of carbonyl (C=O) groups excluding carboxylic acids is 2. The summed E-state index contributed by atoms with van der Waals surface area (Å²) in [6.45, 7) is 14.4. The first-order valence-electron chi connectivity index (χ1n) is 11.2. The van der Waals surface area contributed by atoms with E-state index in [9.17, 15) is 10.2 Å². The van der Waals surface area contributed by atoms with Crippen molar-refractivity contribution in [3.05, 3.63) is 57.6 Å². The van der Waals surface area contributed by atoms with Crippen LogP contribution in [0.5, 0.6) is 11.5 Å². The summed E-state index contributed by atoms with van der Waals surface area (Å²) in [6.07, 6.45) is 3.31. The van der Waals surface area contributed by atoms with Crippen molar-refractivity contribution >= 4 is 24.4 Å². The molecule has 8 nitrogen and oxygen atoms in total. The first-order chi connectivity index (χ1) is 16.2. The summed E-state index contributed by atoms with van der Waals surface area (Å²) in [7, 11) is 0. The van der Waals surface area contributed by atoms with Crippen molar-refractivity contribution in [3.8, 4) is 11.5 Å². The van der Waals surface area contributed by atoms with Crippen LogP contribution in [0.2, 0.25) is 0 Å². The number of aromatic hydroxyl groups is 2. The molecule has 0 amide bonds. The molecule has 0 heterocycles. The number of rotatable bonds is 6. The first-order valence-corrected chi connectivity index (χ1v) is 11.2. The number of hydrogen-bond acceptors (Lipinski definition) is 8. The minimum absolute atomic E-state index is 0. The van der Waals surface area contributed by atoms with Crippen LogP contribution in [0.3, 0.4) is 0 Å². The standard InChI is InChI=1S/C23H30N2O2.2C2H4O2.Co/c1-14(2)18-7-16(5)22(26)20(9-18)11-24-13-25-12-21-10-19(15(3)4)8-17(6)23(21)27;2*1-2(3)4;/h7-12,14-15,26-27H,13H2,1-6H3;2*1H3,(H,3,4);/q;;;+2/p-2. The van der Waals surface area contributed by atoms with Crippen LogP contribution in [0.15, 0.2) is 34.3 Å². The Kier molecular flexibility index (Phi) is 16.8. The number of carboxylic acid groups (broad SMARTS) is 2. The molecule has 36 heavy (non-hydrogen) atoms. The number of carboxylic acids is 2. The summed E-state index contributed by atoms with van der Waals surface area (Å²) < 4.78 is 0. The molecule has 0 saturated heterocycles. The van der Waals surface area contributed by atoms with Gasteiger partial charge in [0.2, 0.25) is 0 Å². The number of nitrogens with zero attached hydrogens (tertiary/aromatic N) is 2. The van der Waals surface area contributed by atoms with Gasteiger partial charge in [0.05, 0.1) is 0 Å². The Morgan fingerprint density at radius 3 is 1.31 bits per heavy atom. The van der Waals surface area contributed by atoms with Gasteiger partial charge < -0.3 is 30.0 Å². The fourth-order valence-electron chi connectivity index (χ4n) is 2.86. The third-order valence-electron chi connectivity index (χ3n) is 4.66. The molecule has 1 radical (unpaired) electrons. The zero-order valence-electron chi connectivity index (χ0n) is 22.1. The van der Waals surface area contributed by atoms with Crippen molar-refractivity contribution in [1.29, 1.82) is 0 Å². The third kappa shape index (κ3) is 13.6. The van der Waals surface area contributed by atoms with Crippen molar-refractivity contribution in [1.82, 2.24) is 0 Å². The monoisotopic (exact) mass is 543 g/mol. The Morgan fingerprint density at radius 2 is 1.06 bits per heavy atom. The van der Waals surface area contributed by atoms with E-state index in [4.69, 9.17) is 19.8 Å². The number of benzene rings is 2. The van der Waals surface area contributed by atoms with E-state index in [1.54, 1.807) is 12.4 Å². The van der Waals surface area contributed by atoms with E-state index in [1.165, 1.54) is 11.1 Å². The van der Waals surface area contributed by atoms with Gasteiger partial charge in [-0.3, -0.25) is 9.98 Å². The summed E-state index contributed by atoms with van der Waals surface area (Å²) >= 11 is 0. The molecule has 0 aliphatic carbocycles. The Balaban J connectivity index is 0. The van der Waals surface area contributed by atoms with Gasteiger partial charge in [-0.15, -0.1) is 0 Å². The van der Waals surface area contributed by atoms with Crippen LogP contribution >= 0.6 is 0 Å². The molecule has 0 spiro atoms. The molecule has 2 N–H and O–H groups in total. The van der Waals surface area contributed by atoms with E-state index in [2.05, 4.69) is 37.7 Å². The Hall–Kier alpha value is -3.17. The molecule has 2 rings (SSSR count). The van der Waals surface area contributed by atoms with Crippen molar-refractivity contribution in [2.75, 3.05) is 6.67 Å². The van der Waals surface area contributed by atoms with E-state index in [-0.39, 0.29) is 34.9 Å². The fraction of sp³-hybridized carbons (Fsp3) is 0.407. The van der Waals surface area contributed by atoms with Crippen LogP contribution in [-0.4, -0.2) is 41.2 Å². The number of aryl methyl sites for hydroxylation is 2. The number of phenols is 2. The molecule has 2 aromatic carbocycles. The second kappa shape index (κ2) is 17.3. The fourth-order valence-corrected chi connectivity index (χ4v) is 2.86. The Morgan fingerprint density at radius 1 is 0.778 bits per heavy atom. The molecular weight excluding hydrogens is 507 g/mol. The molecule has 0 fully saturated rings. The second-order valence-corrected chi connectivity index (χ2v) is 8.61. The number of aliphatic carboxylic acids is 2. The van der Waals surface area contributed by atoms with Gasteiger partial charge in [0, 0.05) is 35.5 Å². The summed E-state index contributed by atoms with van der Waals surface area (Å²) in [5.74, 6) is -0.891. The van der Waals surface area contributed by atoms with Gasteiger partial charge in [0.25, 0.3) is 0 Å². The van der Waals surface area contributed by atoms with Crippen molar-refractivity contribution < 1.29 is 46.8 Å². The Labute approximate surface area is 224 Å². The molecule has 0 unspecified atom stereocenters. The summed E-state index contributed by atoms with van der Waals surface area (Å²) in [5, 5.41) is 38.2. The van der Waals surface area contributed by atoms with Crippen molar-refractivity contribution in [2.45, 2.75) is 67.2 Å². The molecule has 9 heteroatoms. The minimum atomic E-state index is -1.08. The second-order valence-electron chi connectivity index (χ2n) is 8.61. The van der Waals surface area contributed by atoms with E-state index in [0.29, 0.717) is 23.0 Å². The molecule has 2 aromatic rings. The largest absolute Gasteiger partial charge is 2.00 e. The van der Waals surface area contributed by atoms with Gasteiger partial charge in [-0.1, -0.05) is 39.8 Å². The molecular formula is C27H36CoN2O6. The zero-order chi connectivity index (χ0) is 27.3. The van der Waals surface area contributed by atoms with E-state index < -0.39 is 11.9 Å². The van der Waals surface area contributed by atoms with Gasteiger partial charge in [-0.25, -0.2) is 0 Å². The van der Waals surface area contributed by atoms with Gasteiger partial charge in [-0.05, 0) is 73.9 Å². The van der Waals surface area contributed by atoms with Gasteiger partial charge in [0.15, 0.2) is 0 Å². The normalized spacial score (nSPS) is 10.5. The van der Waals surface area contributed by atoms with Crippen LogP contribution < -0.4 is 10.2 Å². The van der Waals surface area contributed by atoms with Crippen LogP contribution in [0.4, 0.5) is 0 Å². The molecule has 0 aromatic heterocycles. The van der Waals surface area contributed by atoms with Crippen LogP contribution in [-0.2, 0) is 26.4 Å². The van der Waals surface area contributed by atoms with Gasteiger partial charge in [0.1, 0.15) is 18.2 Å². The third-order valence-corrected chi connectivity index (χ3v) is 4.66. The van der Waals surface area contributed by atoms with Crippen LogP contribution in [0.1, 0.15) is 86.8 Å². The zero-order valence-corrected chi connectivity index (χ0v) is 23.1. The number of aliphatic imine (C=N–C) groups is 2. The first kappa shape index (κ1) is 35.0. The predicted octanol–water partition coefficient (Wildman–Crippen LogP) is 2.97. The maximum atomic E-state index is 10.2. The smallest absolute Gasteiger partial charge is 0.550 e. The molecule has 0 saturated carbocycles. The predicted molar refractivity (Wildman–Crippen MR) is 135 cm³/mol. The SMILES string of the molecule is CC(=O)[O-].CC(=O)[O-].Cc1cc(C(C)C)cc(C=NCN=Cc2cc(C(C)C)cc(C)c2O)c1O.[Co+2]. The summed E-state index contributed by atoms with van der Waals surface area (Å²) in [4.78, 5) is 26.4. The molecule has 0 aliphatic rings. The average molecular weight is 544 g/mol. The maximum absolute atomic E-state index is 10.2. The van der Waals surface area contributed by atoms with Gasteiger partial charge >= 0.3 is 16.8 Å². The van der Waals surface area contributed by atoms with E-state index in [1.807, 2.05) is 38.1 Å². The Bertz CT molecular complexity index is 971. The van der Waals surface area contributed by atoms with Crippen LogP contribution in [0, 0.1) is 13.8 Å². The number of phenolic OH excluding ortho intramolecular Hbond substituents is 2. The quantitative estimate of drug-likeness (QED) is 0.536. The average Bonchev–Trinajstić information content (AvgIpc) is 2.72. The van der Waals surface area contributed by atoms with E-state index in [0.717, 1.165) is 25.0 Å². The molecule has 0 bridgehead atoms. The number of carbonyl (C=O) groups is 2. The maximum Gasteiger partial charge on any atom is 2.00 e. The summed E-state index contributed by atoms with van der Waals surface area (Å²) in [6, 6.07) is 7.92. The molecule has 199 valence electrons. The number of hydrogen-bond donors (Lipinski definition) is 2. The van der Waals surface area contributed by atoms with Crippen molar-refractivity contribution in [3.63, 3.8) is 0 Å². The van der Waals surface area contributed by atoms with Crippen molar-refractivity contribution in [2.24, 2.45) is 9.98 Å². The minimum Gasteiger partial charge on any atom is -0.550 e. The topological polar surface area (TPSA) is 145 Å². The molecule has 0 atom stereocenters. The van der Waals surface area contributed by atoms with Gasteiger partial charge in [-0.2, -0.15) is 0 Å². The van der Waals surface area contributed by atoms with E-state index >= 15 is 0 Å². The van der Waals surface area contributed by atoms with Crippen LogP contribution in [0.25, 0.3) is 0 Å². The molecule has 0 aliphatic heterocycles. The summed E-state index contributed by atoms with van der Waals surface area (Å²) in [5.41, 5.74) is 5.43.